The van der Waals surface area contributed by atoms with Crippen LogP contribution in [0.3, 0.4) is 0 Å². The van der Waals surface area contributed by atoms with Gasteiger partial charge in [-0.3, -0.25) is 9.97 Å². The smallest absolute Gasteiger partial charge is 0.680 e. The third kappa shape index (κ3) is 17.5. The first-order valence-electron chi connectivity index (χ1n) is 26.4. The number of benzene rings is 8. The molecule has 0 aliphatic heterocycles. The summed E-state index contributed by atoms with van der Waals surface area (Å²) < 4.78 is 0. The minimum absolute atomic E-state index is 0. The zero-order valence-corrected chi connectivity index (χ0v) is 56.1. The van der Waals surface area contributed by atoms with E-state index in [-0.39, 0.29) is 74.0 Å². The Morgan fingerprint density at radius 2 is 0.800 bits per heavy atom. The topological polar surface area (TPSA) is 54.0 Å². The molecule has 8 aromatic carbocycles. The fourth-order valence-corrected chi connectivity index (χ4v) is 9.42. The number of rotatable bonds is 14. The van der Waals surface area contributed by atoms with Crippen molar-refractivity contribution in [1.82, 2.24) is 9.97 Å². The molecule has 0 radical (unpaired) electrons. The van der Waals surface area contributed by atoms with Crippen LogP contribution in [-0.4, -0.2) is 9.97 Å². The predicted octanol–water partition coefficient (Wildman–Crippen LogP) is 21.7. The molecule has 4 nitrogen and oxygen atoms in total. The van der Waals surface area contributed by atoms with E-state index >= 15 is 0 Å². The summed E-state index contributed by atoms with van der Waals surface area (Å²) in [6.07, 6.45) is 0. The summed E-state index contributed by atoms with van der Waals surface area (Å²) in [5.74, 6) is 1.70. The second-order valence-electron chi connectivity index (χ2n) is 20.2. The molecule has 0 unspecified atom stereocenters. The van der Waals surface area contributed by atoms with Crippen LogP contribution >= 0.6 is 0 Å². The summed E-state index contributed by atoms with van der Waals surface area (Å²) in [4.78, 5) is 10.0. The Morgan fingerprint density at radius 1 is 0.388 bits per heavy atom. The van der Waals surface area contributed by atoms with Crippen molar-refractivity contribution in [2.75, 3.05) is 0 Å². The number of aromatic nitrogens is 2. The number of hydrogen-bond donors (Lipinski definition) is 0. The number of para-hydroxylation sites is 2. The monoisotopic (exact) mass is 1380 g/mol. The van der Waals surface area contributed by atoms with Crippen molar-refractivity contribution in [2.24, 2.45) is 0 Å². The van der Waals surface area contributed by atoms with E-state index in [0.29, 0.717) is 36.8 Å². The average molecular weight is 1380 g/mol. The standard InChI is InChI=1S/C34H32N2.C30H30N2.C7H7.3CH3.2Hf/c1-23(2)28-16-10-17-29(24(3)4)34(28)35-22-27-21-20-25-12-8-9-15-30(25)33(27)32-19-11-18-31(36-32)26-13-6-5-7-14-26;1-21(2)25-16-10-17-26(22(3)4)30(25)31-20-24-14-8-9-15-27(24)29-19-11-18-28(32-29)23-12-6-5-7-13-23;1-7-5-3-2-4-6-7;;;;;/h5-13,15-21,23-24H,22H2,1-4H3;5-12,14-19,21-22H,20H2,1-4H3;2-6H,1H2;3*1H3;;/q2*-2;4*-1;2*+4. The molecule has 10 rings (SSSR count). The van der Waals surface area contributed by atoms with Gasteiger partial charge in [-0.25, -0.2) is 0 Å². The summed E-state index contributed by atoms with van der Waals surface area (Å²) in [5.41, 5.74) is 19.0. The number of nitrogens with zero attached hydrogens (tertiary/aromatic N) is 4. The molecule has 2 aromatic heterocycles. The molecule has 6 heteroatoms. The molecule has 0 N–H and O–H groups in total. The minimum atomic E-state index is 0. The van der Waals surface area contributed by atoms with E-state index in [1.165, 1.54) is 44.2 Å². The van der Waals surface area contributed by atoms with Crippen LogP contribution in [0, 0.1) is 41.3 Å². The molecule has 0 fully saturated rings. The number of hydrogen-bond acceptors (Lipinski definition) is 2. The molecule has 0 saturated heterocycles. The fourth-order valence-electron chi connectivity index (χ4n) is 9.42. The maximum Gasteiger partial charge on any atom is 4.00 e. The molecule has 0 aliphatic rings. The first-order chi connectivity index (χ1) is 36.5. The third-order valence-electron chi connectivity index (χ3n) is 13.4. The first-order valence-corrected chi connectivity index (χ1v) is 26.4. The maximum atomic E-state index is 5.26. The Hall–Kier alpha value is -6.47. The van der Waals surface area contributed by atoms with Gasteiger partial charge < -0.3 is 32.9 Å². The molecular formula is C74H78Hf2N4. The Labute approximate surface area is 520 Å². The van der Waals surface area contributed by atoms with E-state index in [9.17, 15) is 0 Å². The molecule has 0 atom stereocenters. The van der Waals surface area contributed by atoms with Gasteiger partial charge in [0.25, 0.3) is 0 Å². The molecule has 2 heterocycles. The van der Waals surface area contributed by atoms with Crippen molar-refractivity contribution < 1.29 is 51.7 Å². The Bertz CT molecular complexity index is 3350. The van der Waals surface area contributed by atoms with Crippen LogP contribution < -0.4 is 0 Å². The van der Waals surface area contributed by atoms with E-state index in [1.54, 1.807) is 0 Å². The molecule has 0 amide bonds. The Morgan fingerprint density at radius 3 is 1.27 bits per heavy atom. The van der Waals surface area contributed by atoms with Crippen LogP contribution in [0.4, 0.5) is 11.4 Å². The summed E-state index contributed by atoms with van der Waals surface area (Å²) in [6.45, 7) is 22.9. The van der Waals surface area contributed by atoms with Gasteiger partial charge in [-0.2, -0.15) is 24.6 Å². The quantitative estimate of drug-likeness (QED) is 0.0805. The van der Waals surface area contributed by atoms with Gasteiger partial charge in [0.2, 0.25) is 0 Å². The van der Waals surface area contributed by atoms with Gasteiger partial charge in [0, 0.05) is 11.1 Å². The first kappa shape index (κ1) is 67.8. The van der Waals surface area contributed by atoms with Crippen molar-refractivity contribution in [3.8, 4) is 45.0 Å². The van der Waals surface area contributed by atoms with Gasteiger partial charge in [-0.05, 0) is 58.0 Å². The molecule has 0 spiro atoms. The summed E-state index contributed by atoms with van der Waals surface area (Å²) >= 11 is 0. The molecule has 80 heavy (non-hydrogen) atoms. The van der Waals surface area contributed by atoms with E-state index in [4.69, 9.17) is 20.6 Å². The molecule has 0 saturated carbocycles. The summed E-state index contributed by atoms with van der Waals surface area (Å²) in [5, 5.41) is 12.8. The van der Waals surface area contributed by atoms with Gasteiger partial charge in [0.15, 0.2) is 0 Å². The van der Waals surface area contributed by atoms with Crippen LogP contribution in [0.2, 0.25) is 0 Å². The SMILES string of the molecule is CC(C)c1cccc(C(C)C)c1[N-]Cc1ccc2ccccc2c1-c1cccc(-c2[c-]cccc2)n1.CC(C)c1cccc(C(C)C)c1[N-]Cc1ccccc1-c1cccc(-c2[c-]cccc2)n1.[CH2-]c1ccccc1.[CH3-].[CH3-].[CH3-].[Hf+4].[Hf+4]. The number of pyridine rings is 2. The Kier molecular flexibility index (Phi) is 28.2. The summed E-state index contributed by atoms with van der Waals surface area (Å²) in [7, 11) is 0. The molecular weight excluding hydrogens is 1300 g/mol. The molecule has 0 bridgehead atoms. The summed E-state index contributed by atoms with van der Waals surface area (Å²) in [6, 6.07) is 79.5. The van der Waals surface area contributed by atoms with Crippen molar-refractivity contribution in [1.29, 1.82) is 0 Å². The largest absolute Gasteiger partial charge is 4.00 e. The van der Waals surface area contributed by atoms with Gasteiger partial charge in [0.05, 0.1) is 11.4 Å². The van der Waals surface area contributed by atoms with E-state index in [0.717, 1.165) is 62.0 Å². The van der Waals surface area contributed by atoms with Crippen LogP contribution in [0.15, 0.2) is 212 Å². The zero-order chi connectivity index (χ0) is 52.7. The third-order valence-corrected chi connectivity index (χ3v) is 13.4. The molecule has 402 valence electrons. The second kappa shape index (κ2) is 33.3. The van der Waals surface area contributed by atoms with Gasteiger partial charge in [-0.15, -0.1) is 108 Å². The van der Waals surface area contributed by atoms with Crippen LogP contribution in [-0.2, 0) is 64.8 Å². The Balaban J connectivity index is 0.000000356. The normalized spacial score (nSPS) is 10.3. The van der Waals surface area contributed by atoms with Crippen molar-refractivity contribution in [3.05, 3.63) is 303 Å². The fraction of sp³-hybridized carbons (Fsp3) is 0.189. The molecule has 0 aliphatic carbocycles. The maximum absolute atomic E-state index is 5.26. The van der Waals surface area contributed by atoms with E-state index < -0.39 is 0 Å². The van der Waals surface area contributed by atoms with Crippen molar-refractivity contribution in [2.45, 2.75) is 92.2 Å². The predicted molar refractivity (Wildman–Crippen MR) is 338 cm³/mol. The van der Waals surface area contributed by atoms with Crippen molar-refractivity contribution >= 4 is 22.1 Å². The number of fused-ring (bicyclic) bond motifs is 1. The zero-order valence-electron chi connectivity index (χ0n) is 48.9. The van der Waals surface area contributed by atoms with E-state index in [2.05, 4.69) is 208 Å². The van der Waals surface area contributed by atoms with Gasteiger partial charge in [0.1, 0.15) is 0 Å². The van der Waals surface area contributed by atoms with Gasteiger partial charge >= 0.3 is 51.7 Å². The van der Waals surface area contributed by atoms with Crippen LogP contribution in [0.25, 0.3) is 66.4 Å². The second-order valence-corrected chi connectivity index (χ2v) is 20.2. The molecule has 10 aromatic rings. The van der Waals surface area contributed by atoms with E-state index in [1.807, 2.05) is 78.9 Å². The van der Waals surface area contributed by atoms with Crippen LogP contribution in [0.5, 0.6) is 0 Å². The van der Waals surface area contributed by atoms with Crippen LogP contribution in [0.1, 0.15) is 118 Å². The van der Waals surface area contributed by atoms with Crippen molar-refractivity contribution in [3.63, 3.8) is 0 Å². The van der Waals surface area contributed by atoms with Gasteiger partial charge in [-0.1, -0.05) is 216 Å². The minimum Gasteiger partial charge on any atom is -0.680 e. The average Bonchev–Trinajstić information content (AvgIpc) is 3.44.